The van der Waals surface area contributed by atoms with Gasteiger partial charge in [0.15, 0.2) is 0 Å². The highest BCUT2D eigenvalue weighted by atomic mass is 16.5. The number of hydrogen-bond donors (Lipinski definition) is 1. The summed E-state index contributed by atoms with van der Waals surface area (Å²) in [6, 6.07) is 34.1. The lowest BCUT2D eigenvalue weighted by molar-refractivity contribution is -0.117. The number of rotatable bonds is 7. The molecule has 0 atom stereocenters. The Morgan fingerprint density at radius 2 is 1.44 bits per heavy atom. The first kappa shape index (κ1) is 21.2. The van der Waals surface area contributed by atoms with Gasteiger partial charge in [0.2, 0.25) is 0 Å². The molecule has 2 heterocycles. The minimum absolute atomic E-state index is 0.209. The molecule has 5 nitrogen and oxygen atoms in total. The Hall–Kier alpha value is -4.64. The monoisotopic (exact) mass is 446 g/mol. The van der Waals surface area contributed by atoms with Crippen LogP contribution in [0.3, 0.4) is 0 Å². The van der Waals surface area contributed by atoms with Crippen molar-refractivity contribution in [1.82, 2.24) is 9.72 Å². The molecule has 0 saturated heterocycles. The van der Waals surface area contributed by atoms with Crippen molar-refractivity contribution in [2.24, 2.45) is 0 Å². The number of nitrogens with one attached hydrogen (secondary N) is 1. The number of benzene rings is 3. The maximum absolute atomic E-state index is 13.3. The number of carbonyl (C=O) groups excluding carboxylic acids is 2. The van der Waals surface area contributed by atoms with Crippen LogP contribution in [0.4, 0.5) is 0 Å². The summed E-state index contributed by atoms with van der Waals surface area (Å²) in [5.41, 5.74) is 3.64. The Morgan fingerprint density at radius 3 is 2.24 bits per heavy atom. The van der Waals surface area contributed by atoms with E-state index in [-0.39, 0.29) is 6.54 Å². The molecule has 34 heavy (non-hydrogen) atoms. The number of hydrogen-bond acceptors (Lipinski definition) is 3. The molecule has 5 aromatic rings. The highest BCUT2D eigenvalue weighted by Gasteiger charge is 2.24. The number of ketones is 1. The van der Waals surface area contributed by atoms with Crippen LogP contribution in [0.5, 0.6) is 11.5 Å². The van der Waals surface area contributed by atoms with Gasteiger partial charge in [0.25, 0.3) is 11.7 Å². The SMILES string of the molecule is O=C(NCc1cccc(Oc2ccccc2)c1)C(=O)c1c(-c2ccccc2)cc2ccccn12. The second-order valence-electron chi connectivity index (χ2n) is 7.84. The number of para-hydroxylation sites is 1. The van der Waals surface area contributed by atoms with Crippen molar-refractivity contribution in [2.75, 3.05) is 0 Å². The highest BCUT2D eigenvalue weighted by Crippen LogP contribution is 2.28. The maximum atomic E-state index is 13.3. The smallest absolute Gasteiger partial charge is 0.294 e. The van der Waals surface area contributed by atoms with E-state index in [1.165, 1.54) is 0 Å². The van der Waals surface area contributed by atoms with Crippen molar-refractivity contribution in [2.45, 2.75) is 6.54 Å². The van der Waals surface area contributed by atoms with Crippen LogP contribution in [0.25, 0.3) is 16.6 Å². The van der Waals surface area contributed by atoms with Gasteiger partial charge in [0.05, 0.1) is 0 Å². The molecule has 3 aromatic carbocycles. The summed E-state index contributed by atoms with van der Waals surface area (Å²) in [7, 11) is 0. The maximum Gasteiger partial charge on any atom is 0.294 e. The quantitative estimate of drug-likeness (QED) is 0.250. The summed E-state index contributed by atoms with van der Waals surface area (Å²) >= 11 is 0. The molecule has 2 aromatic heterocycles. The summed E-state index contributed by atoms with van der Waals surface area (Å²) in [5, 5.41) is 2.76. The van der Waals surface area contributed by atoms with Gasteiger partial charge in [-0.15, -0.1) is 0 Å². The van der Waals surface area contributed by atoms with Crippen molar-refractivity contribution in [3.63, 3.8) is 0 Å². The van der Waals surface area contributed by atoms with Gasteiger partial charge in [-0.2, -0.15) is 0 Å². The van der Waals surface area contributed by atoms with Crippen LogP contribution >= 0.6 is 0 Å². The Kier molecular flexibility index (Phi) is 5.91. The van der Waals surface area contributed by atoms with Crippen LogP contribution in [-0.4, -0.2) is 16.1 Å². The number of carbonyl (C=O) groups is 2. The lowest BCUT2D eigenvalue weighted by Crippen LogP contribution is -2.31. The van der Waals surface area contributed by atoms with E-state index in [0.717, 1.165) is 28.0 Å². The zero-order valence-electron chi connectivity index (χ0n) is 18.3. The first-order valence-electron chi connectivity index (χ1n) is 11.0. The van der Waals surface area contributed by atoms with Crippen LogP contribution < -0.4 is 10.1 Å². The van der Waals surface area contributed by atoms with E-state index in [0.29, 0.717) is 11.4 Å². The molecule has 1 N–H and O–H groups in total. The molecule has 1 amide bonds. The molecular weight excluding hydrogens is 424 g/mol. The summed E-state index contributed by atoms with van der Waals surface area (Å²) in [6.07, 6.45) is 1.80. The molecule has 0 aliphatic rings. The average Bonchev–Trinajstić information content (AvgIpc) is 3.28. The van der Waals surface area contributed by atoms with Crippen molar-refractivity contribution in [3.8, 4) is 22.6 Å². The van der Waals surface area contributed by atoms with Crippen LogP contribution in [0.2, 0.25) is 0 Å². The molecule has 0 aliphatic heterocycles. The van der Waals surface area contributed by atoms with Crippen molar-refractivity contribution < 1.29 is 14.3 Å². The molecular formula is C29H22N2O3. The van der Waals surface area contributed by atoms with E-state index in [1.54, 1.807) is 10.6 Å². The zero-order chi connectivity index (χ0) is 23.3. The van der Waals surface area contributed by atoms with Gasteiger partial charge in [0, 0.05) is 23.8 Å². The van der Waals surface area contributed by atoms with E-state index in [9.17, 15) is 9.59 Å². The zero-order valence-corrected chi connectivity index (χ0v) is 18.3. The lowest BCUT2D eigenvalue weighted by Gasteiger charge is -2.10. The molecule has 166 valence electrons. The highest BCUT2D eigenvalue weighted by molar-refractivity contribution is 6.43. The van der Waals surface area contributed by atoms with E-state index in [4.69, 9.17) is 4.74 Å². The summed E-state index contributed by atoms with van der Waals surface area (Å²) in [4.78, 5) is 26.2. The van der Waals surface area contributed by atoms with Crippen molar-refractivity contribution in [3.05, 3.63) is 127 Å². The number of nitrogens with zero attached hydrogens (tertiary/aromatic N) is 1. The van der Waals surface area contributed by atoms with Gasteiger partial charge in [-0.3, -0.25) is 9.59 Å². The molecule has 0 saturated carbocycles. The second kappa shape index (κ2) is 9.46. The first-order chi connectivity index (χ1) is 16.7. The molecule has 5 heteroatoms. The minimum atomic E-state index is -0.657. The molecule has 0 bridgehead atoms. The standard InChI is InChI=1S/C29H22N2O3/c32-28(27-26(22-11-3-1-4-12-22)19-23-13-7-8-17-31(23)27)29(33)30-20-21-10-9-16-25(18-21)34-24-14-5-2-6-15-24/h1-19H,20H2,(H,30,33). The molecule has 0 spiro atoms. The van der Waals surface area contributed by atoms with E-state index < -0.39 is 11.7 Å². The lowest BCUT2D eigenvalue weighted by atomic mass is 10.0. The van der Waals surface area contributed by atoms with Gasteiger partial charge in [-0.25, -0.2) is 0 Å². The predicted molar refractivity (Wildman–Crippen MR) is 132 cm³/mol. The third-order valence-corrected chi connectivity index (χ3v) is 5.52. The number of fused-ring (bicyclic) bond motifs is 1. The normalized spacial score (nSPS) is 10.7. The number of aromatic nitrogens is 1. The fraction of sp³-hybridized carbons (Fsp3) is 0.0345. The Bertz CT molecular complexity index is 1460. The van der Waals surface area contributed by atoms with E-state index in [1.807, 2.05) is 109 Å². The third kappa shape index (κ3) is 4.45. The predicted octanol–water partition coefficient (Wildman–Crippen LogP) is 5.90. The van der Waals surface area contributed by atoms with Gasteiger partial charge in [-0.05, 0) is 53.6 Å². The summed E-state index contributed by atoms with van der Waals surface area (Å²) in [6.45, 7) is 0.209. The van der Waals surface area contributed by atoms with Crippen LogP contribution in [-0.2, 0) is 11.3 Å². The average molecular weight is 447 g/mol. The van der Waals surface area contributed by atoms with E-state index >= 15 is 0 Å². The Labute approximate surface area is 197 Å². The number of ether oxygens (including phenoxy) is 1. The fourth-order valence-electron chi connectivity index (χ4n) is 3.91. The Balaban J connectivity index is 1.36. The minimum Gasteiger partial charge on any atom is -0.457 e. The van der Waals surface area contributed by atoms with Crippen LogP contribution in [0.15, 0.2) is 115 Å². The van der Waals surface area contributed by atoms with Crippen LogP contribution in [0.1, 0.15) is 16.1 Å². The number of amides is 1. The van der Waals surface area contributed by atoms with Crippen molar-refractivity contribution in [1.29, 1.82) is 0 Å². The second-order valence-corrected chi connectivity index (χ2v) is 7.84. The number of pyridine rings is 1. The van der Waals surface area contributed by atoms with Gasteiger partial charge >= 0.3 is 0 Å². The number of Topliss-reactive ketones (excluding diaryl/α,β-unsaturated/α-hetero) is 1. The largest absolute Gasteiger partial charge is 0.457 e. The first-order valence-corrected chi connectivity index (χ1v) is 11.0. The van der Waals surface area contributed by atoms with E-state index in [2.05, 4.69) is 5.32 Å². The third-order valence-electron chi connectivity index (χ3n) is 5.52. The van der Waals surface area contributed by atoms with Gasteiger partial charge in [-0.1, -0.05) is 66.7 Å². The molecule has 0 fully saturated rings. The van der Waals surface area contributed by atoms with Gasteiger partial charge in [0.1, 0.15) is 17.2 Å². The molecule has 0 aliphatic carbocycles. The fourth-order valence-corrected chi connectivity index (χ4v) is 3.91. The summed E-state index contributed by atoms with van der Waals surface area (Å²) < 4.78 is 7.62. The molecule has 0 radical (unpaired) electrons. The topological polar surface area (TPSA) is 59.8 Å². The Morgan fingerprint density at radius 1 is 0.735 bits per heavy atom. The van der Waals surface area contributed by atoms with Gasteiger partial charge < -0.3 is 14.5 Å². The van der Waals surface area contributed by atoms with Crippen molar-refractivity contribution >= 4 is 17.2 Å². The molecule has 5 rings (SSSR count). The molecule has 0 unspecified atom stereocenters. The summed E-state index contributed by atoms with van der Waals surface area (Å²) in [5.74, 6) is 0.151. The van der Waals surface area contributed by atoms with Crippen LogP contribution in [0, 0.1) is 0 Å².